The van der Waals surface area contributed by atoms with Gasteiger partial charge in [-0.2, -0.15) is 18.4 Å². The molecule has 0 saturated carbocycles. The number of amides is 2. The van der Waals surface area contributed by atoms with Crippen LogP contribution < -0.4 is 10.1 Å². The van der Waals surface area contributed by atoms with Crippen LogP contribution in [-0.4, -0.2) is 50.1 Å². The van der Waals surface area contributed by atoms with E-state index < -0.39 is 30.5 Å². The number of nitrogens with one attached hydrogen (secondary N) is 1. The van der Waals surface area contributed by atoms with Crippen molar-refractivity contribution in [2.24, 2.45) is 0 Å². The average molecular weight is 538 g/mol. The molecule has 2 amide bonds. The van der Waals surface area contributed by atoms with E-state index in [4.69, 9.17) is 27.9 Å². The first-order chi connectivity index (χ1) is 17.0. The molecule has 0 unspecified atom stereocenters. The monoisotopic (exact) mass is 537 g/mol. The first-order valence-electron chi connectivity index (χ1n) is 10.5. The lowest BCUT2D eigenvalue weighted by molar-refractivity contribution is -0.173. The van der Waals surface area contributed by atoms with Crippen LogP contribution in [0.1, 0.15) is 27.4 Å². The van der Waals surface area contributed by atoms with Gasteiger partial charge >= 0.3 is 12.1 Å². The molecule has 3 rings (SSSR count). The zero-order chi connectivity index (χ0) is 26.6. The molecular weight excluding hydrogens is 518 g/mol. The second kappa shape index (κ2) is 11.1. The van der Waals surface area contributed by atoms with Crippen molar-refractivity contribution in [2.75, 3.05) is 27.2 Å². The maximum absolute atomic E-state index is 13.6. The number of carbonyl (C=O) groups is 2. The largest absolute Gasteiger partial charge is 0.495 e. The number of hydrogen-bond acceptors (Lipinski definition) is 4. The summed E-state index contributed by atoms with van der Waals surface area (Å²) in [6.45, 7) is -0.521. The molecule has 0 fully saturated rings. The van der Waals surface area contributed by atoms with Crippen LogP contribution in [0.3, 0.4) is 0 Å². The lowest BCUT2D eigenvalue weighted by atomic mass is 9.96. The second-order valence-corrected chi connectivity index (χ2v) is 8.74. The van der Waals surface area contributed by atoms with Gasteiger partial charge in [0.1, 0.15) is 11.8 Å². The Kier molecular flexibility index (Phi) is 8.33. The summed E-state index contributed by atoms with van der Waals surface area (Å²) in [6.07, 6.45) is -5.06. The topological polar surface area (TPSA) is 82.4 Å². The summed E-state index contributed by atoms with van der Waals surface area (Å²) in [5, 5.41) is 13.0. The number of nitrogens with zero attached hydrogens (tertiary/aromatic N) is 2. The van der Waals surface area contributed by atoms with Crippen LogP contribution in [-0.2, 0) is 4.79 Å². The summed E-state index contributed by atoms with van der Waals surface area (Å²) in [4.78, 5) is 26.4. The van der Waals surface area contributed by atoms with Gasteiger partial charge in [0.15, 0.2) is 0 Å². The third-order valence-electron chi connectivity index (χ3n) is 5.56. The molecule has 0 heterocycles. The van der Waals surface area contributed by atoms with Crippen molar-refractivity contribution in [3.63, 3.8) is 0 Å². The van der Waals surface area contributed by atoms with Crippen molar-refractivity contribution < 1.29 is 27.5 Å². The van der Waals surface area contributed by atoms with Crippen molar-refractivity contribution in [3.05, 3.63) is 75.3 Å². The van der Waals surface area contributed by atoms with E-state index in [-0.39, 0.29) is 33.5 Å². The predicted molar refractivity (Wildman–Crippen MR) is 130 cm³/mol. The number of benzene rings is 3. The molecule has 0 radical (unpaired) electrons. The molecule has 0 aromatic heterocycles. The molecule has 1 atom stereocenters. The van der Waals surface area contributed by atoms with Crippen LogP contribution in [0.5, 0.6) is 5.75 Å². The van der Waals surface area contributed by atoms with Gasteiger partial charge in [-0.25, -0.2) is 0 Å². The fourth-order valence-electron chi connectivity index (χ4n) is 3.81. The Morgan fingerprint density at radius 2 is 1.83 bits per heavy atom. The minimum absolute atomic E-state index is 0.0875. The van der Waals surface area contributed by atoms with Crippen molar-refractivity contribution in [3.8, 4) is 11.8 Å². The fourth-order valence-corrected chi connectivity index (χ4v) is 4.12. The number of alkyl halides is 3. The van der Waals surface area contributed by atoms with E-state index in [2.05, 4.69) is 0 Å². The average Bonchev–Trinajstić information content (AvgIpc) is 2.85. The molecule has 3 aromatic carbocycles. The molecule has 0 aliphatic rings. The van der Waals surface area contributed by atoms with Crippen LogP contribution >= 0.6 is 23.2 Å². The van der Waals surface area contributed by atoms with E-state index in [9.17, 15) is 28.0 Å². The van der Waals surface area contributed by atoms with Crippen molar-refractivity contribution in [2.45, 2.75) is 12.1 Å². The van der Waals surface area contributed by atoms with E-state index in [1.54, 1.807) is 36.4 Å². The van der Waals surface area contributed by atoms with Gasteiger partial charge in [0.2, 0.25) is 0 Å². The molecule has 0 bridgehead atoms. The Morgan fingerprint density at radius 1 is 1.14 bits per heavy atom. The van der Waals surface area contributed by atoms with Gasteiger partial charge in [0.05, 0.1) is 28.3 Å². The summed E-state index contributed by atoms with van der Waals surface area (Å²) in [7, 11) is 2.80. The Hall–Kier alpha value is -3.48. The summed E-state index contributed by atoms with van der Waals surface area (Å²) in [5.74, 6) is -3.30. The van der Waals surface area contributed by atoms with E-state index in [0.29, 0.717) is 16.3 Å². The summed E-state index contributed by atoms with van der Waals surface area (Å²) in [6, 6.07) is 15.1. The van der Waals surface area contributed by atoms with Crippen molar-refractivity contribution in [1.82, 2.24) is 10.2 Å². The van der Waals surface area contributed by atoms with Gasteiger partial charge < -0.3 is 15.0 Å². The lowest BCUT2D eigenvalue weighted by Gasteiger charge is -2.26. The number of halogens is 5. The molecular formula is C25H20Cl2F3N3O3. The van der Waals surface area contributed by atoms with Gasteiger partial charge in [-0.15, -0.1) is 0 Å². The van der Waals surface area contributed by atoms with E-state index >= 15 is 0 Å². The molecule has 6 nitrogen and oxygen atoms in total. The van der Waals surface area contributed by atoms with E-state index in [1.807, 2.05) is 11.4 Å². The molecule has 1 N–H and O–H groups in total. The Morgan fingerprint density at radius 3 is 2.44 bits per heavy atom. The summed E-state index contributed by atoms with van der Waals surface area (Å²) < 4.78 is 43.7. The fraction of sp³-hybridized carbons (Fsp3) is 0.240. The Balaban J connectivity index is 1.99. The number of likely N-dealkylation sites (N-methyl/N-ethyl adjacent to an activating group) is 1. The first-order valence-corrected chi connectivity index (χ1v) is 11.3. The highest BCUT2D eigenvalue weighted by molar-refractivity contribution is 6.42. The number of carbonyl (C=O) groups excluding carboxylic acids is 2. The van der Waals surface area contributed by atoms with Crippen LogP contribution in [0.4, 0.5) is 13.2 Å². The minimum Gasteiger partial charge on any atom is -0.495 e. The highest BCUT2D eigenvalue weighted by Crippen LogP contribution is 2.34. The maximum atomic E-state index is 13.6. The number of ether oxygens (including phenoxy) is 1. The van der Waals surface area contributed by atoms with E-state index in [1.165, 1.54) is 31.2 Å². The standard InChI is InChI=1S/C25H20Cl2F3N3O3/c1-33(23(34)21-18-6-4-3-5-15(18)9-16(11-31)22(21)36-2)13-17(12-32-24(35)25(28,29)30)14-7-8-19(26)20(27)10-14/h3-10,17H,12-13H2,1-2H3,(H,32,35)/t17-/m1/s1. The van der Waals surface area contributed by atoms with E-state index in [0.717, 1.165) is 0 Å². The first kappa shape index (κ1) is 27.1. The molecule has 188 valence electrons. The molecule has 0 aliphatic carbocycles. The summed E-state index contributed by atoms with van der Waals surface area (Å²) in [5.41, 5.74) is 0.766. The highest BCUT2D eigenvalue weighted by Gasteiger charge is 2.39. The second-order valence-electron chi connectivity index (χ2n) is 7.93. The summed E-state index contributed by atoms with van der Waals surface area (Å²) >= 11 is 12.1. The quantitative estimate of drug-likeness (QED) is 0.427. The smallest absolute Gasteiger partial charge is 0.471 e. The van der Waals surface area contributed by atoms with Gasteiger partial charge in [-0.3, -0.25) is 9.59 Å². The zero-order valence-corrected chi connectivity index (χ0v) is 20.6. The zero-order valence-electron chi connectivity index (χ0n) is 19.1. The van der Waals surface area contributed by atoms with Gasteiger partial charge in [-0.05, 0) is 34.5 Å². The van der Waals surface area contributed by atoms with Crippen molar-refractivity contribution >= 4 is 45.8 Å². The third kappa shape index (κ3) is 5.83. The highest BCUT2D eigenvalue weighted by atomic mass is 35.5. The Bertz CT molecular complexity index is 1360. The van der Waals surface area contributed by atoms with Crippen LogP contribution in [0.2, 0.25) is 10.0 Å². The van der Waals surface area contributed by atoms with Crippen LogP contribution in [0, 0.1) is 11.3 Å². The molecule has 0 saturated heterocycles. The molecule has 0 aliphatic heterocycles. The van der Waals surface area contributed by atoms with Crippen molar-refractivity contribution in [1.29, 1.82) is 5.26 Å². The normalized spacial score (nSPS) is 12.1. The number of fused-ring (bicyclic) bond motifs is 1. The van der Waals surface area contributed by atoms with Gasteiger partial charge in [-0.1, -0.05) is 53.5 Å². The number of rotatable bonds is 7. The van der Waals surface area contributed by atoms with Gasteiger partial charge in [0, 0.05) is 26.1 Å². The van der Waals surface area contributed by atoms with Gasteiger partial charge in [0.25, 0.3) is 5.91 Å². The molecule has 3 aromatic rings. The molecule has 36 heavy (non-hydrogen) atoms. The van der Waals surface area contributed by atoms with Crippen LogP contribution in [0.25, 0.3) is 10.8 Å². The number of nitriles is 1. The third-order valence-corrected chi connectivity index (χ3v) is 6.30. The Labute approximate surface area is 215 Å². The lowest BCUT2D eigenvalue weighted by Crippen LogP contribution is -2.41. The number of methoxy groups -OCH3 is 1. The maximum Gasteiger partial charge on any atom is 0.471 e. The SMILES string of the molecule is COc1c(C#N)cc2ccccc2c1C(=O)N(C)C[C@@H](CNC(=O)C(F)(F)F)c1ccc(Cl)c(Cl)c1. The predicted octanol–water partition coefficient (Wildman–Crippen LogP) is 5.56. The van der Waals surface area contributed by atoms with Crippen LogP contribution in [0.15, 0.2) is 48.5 Å². The number of hydrogen-bond donors (Lipinski definition) is 1. The molecule has 0 spiro atoms. The minimum atomic E-state index is -5.06. The molecule has 11 heteroatoms.